The van der Waals surface area contributed by atoms with Crippen LogP contribution in [0.1, 0.15) is 117 Å². The molecule has 0 heterocycles. The van der Waals surface area contributed by atoms with Gasteiger partial charge in [-0.3, -0.25) is 4.79 Å². The van der Waals surface area contributed by atoms with Crippen LogP contribution in [-0.4, -0.2) is 25.1 Å². The van der Waals surface area contributed by atoms with E-state index in [0.717, 1.165) is 30.8 Å². The molecule has 0 aliphatic heterocycles. The maximum atomic E-state index is 12.1. The molecular weight excluding hydrogens is 396 g/mol. The molecule has 4 nitrogen and oxygen atoms in total. The number of unbranched alkanes of at least 4 members (excludes halogenated alkanes) is 13. The van der Waals surface area contributed by atoms with Crippen molar-refractivity contribution in [3.63, 3.8) is 0 Å². The molecule has 0 radical (unpaired) electrons. The van der Waals surface area contributed by atoms with Crippen molar-refractivity contribution in [1.29, 1.82) is 0 Å². The lowest BCUT2D eigenvalue weighted by atomic mass is 10.0. The molecule has 0 saturated carbocycles. The van der Waals surface area contributed by atoms with Crippen molar-refractivity contribution in [3.8, 4) is 5.75 Å². The molecule has 0 spiro atoms. The number of hydrogen-bond acceptors (Lipinski definition) is 3. The molecule has 1 aromatic rings. The molecule has 32 heavy (non-hydrogen) atoms. The lowest BCUT2D eigenvalue weighted by Gasteiger charge is -2.14. The fourth-order valence-corrected chi connectivity index (χ4v) is 3.79. The molecule has 1 rings (SSSR count). The molecule has 0 fully saturated rings. The summed E-state index contributed by atoms with van der Waals surface area (Å²) in [6.07, 6.45) is 20.1. The van der Waals surface area contributed by atoms with Gasteiger partial charge in [-0.05, 0) is 31.9 Å². The summed E-state index contributed by atoms with van der Waals surface area (Å²) < 4.78 is 5.83. The Morgan fingerprint density at radius 3 is 1.97 bits per heavy atom. The van der Waals surface area contributed by atoms with Crippen molar-refractivity contribution in [2.24, 2.45) is 0 Å². The lowest BCUT2D eigenvalue weighted by Crippen LogP contribution is -2.30. The van der Waals surface area contributed by atoms with Gasteiger partial charge in [-0.2, -0.15) is 0 Å². The quantitative estimate of drug-likeness (QED) is 0.189. The predicted octanol–water partition coefficient (Wildman–Crippen LogP) is 7.87. The fourth-order valence-electron chi connectivity index (χ4n) is 3.79. The minimum Gasteiger partial charge on any atom is -0.491 e. The van der Waals surface area contributed by atoms with Crippen molar-refractivity contribution in [2.45, 2.75) is 123 Å². The van der Waals surface area contributed by atoms with Gasteiger partial charge in [0.2, 0.25) is 5.91 Å². The van der Waals surface area contributed by atoms with Crippen LogP contribution in [0.2, 0.25) is 0 Å². The van der Waals surface area contributed by atoms with Crippen molar-refractivity contribution >= 4 is 11.6 Å². The number of carbonyl (C=O) groups is 1. The summed E-state index contributed by atoms with van der Waals surface area (Å²) in [5.74, 6) is 0.889. The Morgan fingerprint density at radius 2 is 1.41 bits per heavy atom. The zero-order chi connectivity index (χ0) is 23.3. The molecule has 0 aliphatic carbocycles. The Kier molecular flexibility index (Phi) is 17.6. The van der Waals surface area contributed by atoms with Crippen molar-refractivity contribution in [1.82, 2.24) is 5.32 Å². The van der Waals surface area contributed by atoms with Crippen LogP contribution in [0.5, 0.6) is 5.75 Å². The van der Waals surface area contributed by atoms with E-state index in [1.54, 1.807) is 0 Å². The Balaban J connectivity index is 1.92. The van der Waals surface area contributed by atoms with Crippen molar-refractivity contribution < 1.29 is 9.53 Å². The third-order valence-corrected chi connectivity index (χ3v) is 6.05. The number of carbonyl (C=O) groups excluding carboxylic acids is 1. The van der Waals surface area contributed by atoms with E-state index in [2.05, 4.69) is 31.4 Å². The average molecular weight is 447 g/mol. The summed E-state index contributed by atoms with van der Waals surface area (Å²) in [6.45, 7) is 7.52. The highest BCUT2D eigenvalue weighted by Crippen LogP contribution is 2.19. The first kappa shape index (κ1) is 28.3. The molecule has 1 unspecified atom stereocenters. The Labute approximate surface area is 198 Å². The first-order chi connectivity index (χ1) is 15.7. The number of nitrogens with one attached hydrogen (secondary N) is 2. The second-order valence-corrected chi connectivity index (χ2v) is 9.16. The summed E-state index contributed by atoms with van der Waals surface area (Å²) in [7, 11) is 0. The lowest BCUT2D eigenvalue weighted by molar-refractivity contribution is -0.119. The molecule has 0 aliphatic rings. The van der Waals surface area contributed by atoms with Crippen LogP contribution in [0.25, 0.3) is 0 Å². The molecule has 2 N–H and O–H groups in total. The van der Waals surface area contributed by atoms with Gasteiger partial charge in [-0.25, -0.2) is 0 Å². The van der Waals surface area contributed by atoms with Crippen LogP contribution in [0.4, 0.5) is 5.69 Å². The summed E-state index contributed by atoms with van der Waals surface area (Å²) >= 11 is 0. The van der Waals surface area contributed by atoms with Crippen LogP contribution >= 0.6 is 0 Å². The van der Waals surface area contributed by atoms with Crippen LogP contribution in [0.15, 0.2) is 24.3 Å². The summed E-state index contributed by atoms with van der Waals surface area (Å²) in [6, 6.07) is 7.82. The van der Waals surface area contributed by atoms with Gasteiger partial charge in [-0.15, -0.1) is 0 Å². The normalized spacial score (nSPS) is 11.8. The zero-order valence-electron chi connectivity index (χ0n) is 21.2. The standard InChI is InChI=1S/C28H50N2O2/c1-4-6-7-8-9-10-11-12-13-14-15-16-17-18-22-29-28(31)24-30-26-20-19-21-27(23-26)32-25(3)5-2/h19-21,23,25,30H,4-18,22,24H2,1-3H3,(H,29,31). The molecule has 184 valence electrons. The first-order valence-corrected chi connectivity index (χ1v) is 13.4. The second kappa shape index (κ2) is 19.9. The number of rotatable bonds is 21. The third-order valence-electron chi connectivity index (χ3n) is 6.05. The van der Waals surface area contributed by atoms with E-state index < -0.39 is 0 Å². The average Bonchev–Trinajstić information content (AvgIpc) is 2.80. The van der Waals surface area contributed by atoms with Crippen LogP contribution in [0.3, 0.4) is 0 Å². The van der Waals surface area contributed by atoms with E-state index in [1.165, 1.54) is 83.5 Å². The second-order valence-electron chi connectivity index (χ2n) is 9.16. The van der Waals surface area contributed by atoms with Crippen molar-refractivity contribution in [2.75, 3.05) is 18.4 Å². The summed E-state index contributed by atoms with van der Waals surface area (Å²) in [4.78, 5) is 12.1. The number of ether oxygens (including phenoxy) is 1. The van der Waals surface area contributed by atoms with E-state index in [-0.39, 0.29) is 12.0 Å². The minimum absolute atomic E-state index is 0.0490. The SMILES string of the molecule is CCCCCCCCCCCCCCCCNC(=O)CNc1cccc(OC(C)CC)c1. The minimum atomic E-state index is 0.0490. The van der Waals surface area contributed by atoms with E-state index >= 15 is 0 Å². The van der Waals surface area contributed by atoms with Crippen LogP contribution < -0.4 is 15.4 Å². The highest BCUT2D eigenvalue weighted by molar-refractivity contribution is 5.80. The fraction of sp³-hybridized carbons (Fsp3) is 0.750. The number of anilines is 1. The topological polar surface area (TPSA) is 50.4 Å². The van der Waals surface area contributed by atoms with Gasteiger partial charge >= 0.3 is 0 Å². The Morgan fingerprint density at radius 1 is 0.844 bits per heavy atom. The largest absolute Gasteiger partial charge is 0.491 e. The van der Waals surface area contributed by atoms with Gasteiger partial charge in [0.05, 0.1) is 12.6 Å². The summed E-state index contributed by atoms with van der Waals surface area (Å²) in [5, 5.41) is 6.21. The first-order valence-electron chi connectivity index (χ1n) is 13.4. The smallest absolute Gasteiger partial charge is 0.239 e. The molecule has 1 atom stereocenters. The summed E-state index contributed by atoms with van der Waals surface area (Å²) in [5.41, 5.74) is 0.914. The molecule has 4 heteroatoms. The molecule has 0 saturated heterocycles. The van der Waals surface area contributed by atoms with Crippen LogP contribution in [-0.2, 0) is 4.79 Å². The highest BCUT2D eigenvalue weighted by Gasteiger charge is 2.04. The molecule has 1 amide bonds. The van der Waals surface area contributed by atoms with E-state index in [4.69, 9.17) is 4.74 Å². The molecule has 0 bridgehead atoms. The predicted molar refractivity (Wildman–Crippen MR) is 139 cm³/mol. The number of benzene rings is 1. The van der Waals surface area contributed by atoms with Gasteiger partial charge < -0.3 is 15.4 Å². The van der Waals surface area contributed by atoms with E-state index in [1.807, 2.05) is 24.3 Å². The Hall–Kier alpha value is -1.71. The highest BCUT2D eigenvalue weighted by atomic mass is 16.5. The van der Waals surface area contributed by atoms with Gasteiger partial charge in [-0.1, -0.05) is 103 Å². The zero-order valence-corrected chi connectivity index (χ0v) is 21.2. The van der Waals surface area contributed by atoms with Crippen molar-refractivity contribution in [3.05, 3.63) is 24.3 Å². The number of amides is 1. The third kappa shape index (κ3) is 16.0. The van der Waals surface area contributed by atoms with Gasteiger partial charge in [0, 0.05) is 18.3 Å². The molecular formula is C28H50N2O2. The van der Waals surface area contributed by atoms with Gasteiger partial charge in [0.25, 0.3) is 0 Å². The Bertz CT molecular complexity index is 576. The molecule has 0 aromatic heterocycles. The molecule has 1 aromatic carbocycles. The van der Waals surface area contributed by atoms with E-state index in [9.17, 15) is 4.79 Å². The van der Waals surface area contributed by atoms with Crippen LogP contribution in [0, 0.1) is 0 Å². The van der Waals surface area contributed by atoms with Gasteiger partial charge in [0.1, 0.15) is 5.75 Å². The monoisotopic (exact) mass is 446 g/mol. The number of hydrogen-bond donors (Lipinski definition) is 2. The maximum Gasteiger partial charge on any atom is 0.239 e. The van der Waals surface area contributed by atoms with E-state index in [0.29, 0.717) is 6.54 Å². The van der Waals surface area contributed by atoms with Gasteiger partial charge in [0.15, 0.2) is 0 Å². The maximum absolute atomic E-state index is 12.1.